The van der Waals surface area contributed by atoms with E-state index in [-0.39, 0.29) is 0 Å². The first-order valence-corrected chi connectivity index (χ1v) is 23.4. The summed E-state index contributed by atoms with van der Waals surface area (Å²) in [6, 6.07) is 18.9. The van der Waals surface area contributed by atoms with Gasteiger partial charge in [0.2, 0.25) is 0 Å². The molecule has 2 aromatic carbocycles. The number of halogens is 1. The molecule has 51 heavy (non-hydrogen) atoms. The lowest BCUT2D eigenvalue weighted by Crippen LogP contribution is -2.45. The topological polar surface area (TPSA) is 6.48 Å². The number of nitrogens with zero attached hydrogens (tertiary/aromatic N) is 4. The fourth-order valence-corrected chi connectivity index (χ4v) is 9.48. The minimum absolute atomic E-state index is 1.22. The summed E-state index contributed by atoms with van der Waals surface area (Å²) >= 11 is 2.29. The van der Waals surface area contributed by atoms with Gasteiger partial charge in [-0.3, -0.25) is 0 Å². The molecule has 0 amide bonds. The molecule has 4 aliphatic heterocycles. The van der Waals surface area contributed by atoms with Gasteiger partial charge in [-0.25, -0.2) is 0 Å². The molecule has 2 aromatic rings. The predicted molar refractivity (Wildman–Crippen MR) is 231 cm³/mol. The molecule has 288 valence electrons. The second-order valence-electron chi connectivity index (χ2n) is 16.5. The predicted octanol–water partition coefficient (Wildman–Crippen LogP) is 10.00. The van der Waals surface area contributed by atoms with Gasteiger partial charge in [-0.05, 0) is 144 Å². The molecule has 4 heterocycles. The Morgan fingerprint density at radius 2 is 0.843 bits per heavy atom. The highest BCUT2D eigenvalue weighted by Gasteiger charge is 2.30. The Hall–Kier alpha value is -0.990. The van der Waals surface area contributed by atoms with E-state index in [1.807, 2.05) is 0 Å². The van der Waals surface area contributed by atoms with Crippen LogP contribution in [0.15, 0.2) is 48.5 Å². The summed E-state index contributed by atoms with van der Waals surface area (Å²) in [5.74, 6) is 0. The lowest BCUT2D eigenvalue weighted by atomic mass is 10.0. The van der Waals surface area contributed by atoms with Crippen molar-refractivity contribution in [3.63, 3.8) is 0 Å². The lowest BCUT2D eigenvalue weighted by molar-refractivity contribution is -0.915. The van der Waals surface area contributed by atoms with Crippen LogP contribution in [-0.2, 0) is 25.7 Å². The number of hydrogen-bond donors (Lipinski definition) is 0. The molecule has 0 radical (unpaired) electrons. The van der Waals surface area contributed by atoms with Gasteiger partial charge >= 0.3 is 0 Å². The summed E-state index contributed by atoms with van der Waals surface area (Å²) in [6.45, 7) is 25.9. The maximum Gasteiger partial charge on any atom is 0.0789 e. The maximum absolute atomic E-state index is 2.62. The third kappa shape index (κ3) is 15.7. The van der Waals surface area contributed by atoms with Gasteiger partial charge in [0, 0.05) is 38.5 Å². The molecule has 0 aromatic heterocycles. The van der Waals surface area contributed by atoms with E-state index in [0.717, 1.165) is 0 Å². The van der Waals surface area contributed by atoms with Crippen LogP contribution in [0.25, 0.3) is 0 Å². The third-order valence-electron chi connectivity index (χ3n) is 12.9. The molecular formula is C46H79IN4+2. The van der Waals surface area contributed by atoms with Crippen LogP contribution in [0, 0.1) is 0 Å². The van der Waals surface area contributed by atoms with Crippen LogP contribution in [0.4, 0.5) is 0 Å². The van der Waals surface area contributed by atoms with Crippen LogP contribution in [0.5, 0.6) is 0 Å². The van der Waals surface area contributed by atoms with Crippen molar-refractivity contribution in [3.05, 3.63) is 70.8 Å². The zero-order chi connectivity index (χ0) is 36.0. The molecule has 0 unspecified atom stereocenters. The zero-order valence-corrected chi connectivity index (χ0v) is 35.9. The van der Waals surface area contributed by atoms with E-state index < -0.39 is 0 Å². The zero-order valence-electron chi connectivity index (χ0n) is 33.7. The quantitative estimate of drug-likeness (QED) is 0.0841. The SMILES string of the molecule is CCI.CC[N+]1(CCCc2cccc(CCC[N+]3(CC)CCCC3)c2)CCCC1.c1cc(CCCN2CCCC2)ccc1CCCN1CCCC1. The van der Waals surface area contributed by atoms with Gasteiger partial charge < -0.3 is 18.8 Å². The Balaban J connectivity index is 0.000000215. The minimum Gasteiger partial charge on any atom is -0.324 e. The van der Waals surface area contributed by atoms with Gasteiger partial charge in [-0.1, -0.05) is 78.0 Å². The van der Waals surface area contributed by atoms with Crippen molar-refractivity contribution in [2.45, 2.75) is 124 Å². The molecule has 0 aliphatic carbocycles. The summed E-state index contributed by atoms with van der Waals surface area (Å²) in [4.78, 5) is 5.24. The first kappa shape index (κ1) is 42.7. The number of aryl methyl sites for hydroxylation is 4. The molecule has 0 spiro atoms. The van der Waals surface area contributed by atoms with Crippen molar-refractivity contribution in [3.8, 4) is 0 Å². The van der Waals surface area contributed by atoms with Crippen LogP contribution < -0.4 is 0 Å². The monoisotopic (exact) mass is 815 g/mol. The Labute approximate surface area is 330 Å². The van der Waals surface area contributed by atoms with Crippen molar-refractivity contribution in [2.75, 3.05) is 96.1 Å². The second-order valence-corrected chi connectivity index (χ2v) is 18.0. The summed E-state index contributed by atoms with van der Waals surface area (Å²) in [7, 11) is 0. The van der Waals surface area contributed by atoms with Crippen LogP contribution in [-0.4, -0.2) is 115 Å². The fourth-order valence-electron chi connectivity index (χ4n) is 9.48. The summed E-state index contributed by atoms with van der Waals surface area (Å²) < 4.78 is 3.99. The molecule has 0 atom stereocenters. The Kier molecular flexibility index (Phi) is 20.5. The van der Waals surface area contributed by atoms with Crippen LogP contribution in [0.3, 0.4) is 0 Å². The number of alkyl halides is 1. The van der Waals surface area contributed by atoms with Gasteiger partial charge in [-0.2, -0.15) is 0 Å². The molecule has 0 bridgehead atoms. The normalized spacial score (nSPS) is 19.8. The van der Waals surface area contributed by atoms with E-state index in [0.29, 0.717) is 0 Å². The highest BCUT2D eigenvalue weighted by Crippen LogP contribution is 2.22. The van der Waals surface area contributed by atoms with E-state index in [9.17, 15) is 0 Å². The average Bonchev–Trinajstić information content (AvgIpc) is 4.00. The van der Waals surface area contributed by atoms with E-state index in [1.54, 1.807) is 11.1 Å². The molecule has 4 aliphatic rings. The number of likely N-dealkylation sites (tertiary alicyclic amines) is 4. The van der Waals surface area contributed by atoms with E-state index in [4.69, 9.17) is 0 Å². The molecule has 4 saturated heterocycles. The van der Waals surface area contributed by atoms with E-state index >= 15 is 0 Å². The van der Waals surface area contributed by atoms with Crippen molar-refractivity contribution in [2.24, 2.45) is 0 Å². The number of quaternary nitrogens is 2. The third-order valence-corrected chi connectivity index (χ3v) is 12.9. The van der Waals surface area contributed by atoms with Gasteiger partial charge in [0.05, 0.1) is 52.4 Å². The molecule has 0 saturated carbocycles. The largest absolute Gasteiger partial charge is 0.324 e. The molecule has 0 N–H and O–H groups in total. The average molecular weight is 815 g/mol. The van der Waals surface area contributed by atoms with Crippen molar-refractivity contribution in [1.82, 2.24) is 9.80 Å². The Bertz CT molecular complexity index is 1070. The highest BCUT2D eigenvalue weighted by molar-refractivity contribution is 14.1. The number of benzene rings is 2. The highest BCUT2D eigenvalue weighted by atomic mass is 127. The smallest absolute Gasteiger partial charge is 0.0789 e. The van der Waals surface area contributed by atoms with Crippen molar-refractivity contribution in [1.29, 1.82) is 0 Å². The molecular weight excluding hydrogens is 735 g/mol. The molecule has 4 nitrogen and oxygen atoms in total. The summed E-state index contributed by atoms with van der Waals surface area (Å²) in [5.41, 5.74) is 6.16. The van der Waals surface area contributed by atoms with E-state index in [2.05, 4.69) is 102 Å². The summed E-state index contributed by atoms with van der Waals surface area (Å²) in [6.07, 6.45) is 21.8. The van der Waals surface area contributed by atoms with Crippen LogP contribution in [0.2, 0.25) is 0 Å². The minimum atomic E-state index is 1.22. The fraction of sp³-hybridized carbons (Fsp3) is 0.739. The Morgan fingerprint density at radius 1 is 0.490 bits per heavy atom. The van der Waals surface area contributed by atoms with Gasteiger partial charge in [0.25, 0.3) is 0 Å². The standard InChI is InChI=1S/C24H42N2.C20H32N2.C2H5I/c1-3-25(16-5-6-17-25)20-10-14-23-12-9-13-24(22-23)15-11-21-26(4-2)18-7-8-19-26;1-2-14-21(13-1)17-5-7-19-9-11-20(12-10-19)8-6-18-22-15-3-4-16-22;1-2-3/h9,12-13,22H,3-8,10-11,14-21H2,1-2H3;9-12H,1-8,13-18H2;2H2,1H3/q+2;;. The maximum atomic E-state index is 2.62. The van der Waals surface area contributed by atoms with Crippen LogP contribution in [0.1, 0.15) is 120 Å². The lowest BCUT2D eigenvalue weighted by Gasteiger charge is -2.33. The van der Waals surface area contributed by atoms with Gasteiger partial charge in [0.15, 0.2) is 0 Å². The van der Waals surface area contributed by atoms with Crippen LogP contribution >= 0.6 is 22.6 Å². The second kappa shape index (κ2) is 24.4. The number of hydrogen-bond acceptors (Lipinski definition) is 2. The molecule has 4 fully saturated rings. The van der Waals surface area contributed by atoms with Gasteiger partial charge in [-0.15, -0.1) is 0 Å². The van der Waals surface area contributed by atoms with Crippen molar-refractivity contribution >= 4 is 22.6 Å². The van der Waals surface area contributed by atoms with Gasteiger partial charge in [0.1, 0.15) is 0 Å². The van der Waals surface area contributed by atoms with E-state index in [1.165, 1.54) is 219 Å². The molecule has 5 heteroatoms. The number of rotatable bonds is 18. The first-order valence-electron chi connectivity index (χ1n) is 21.9. The first-order chi connectivity index (χ1) is 25.0. The Morgan fingerprint density at radius 3 is 1.20 bits per heavy atom. The summed E-state index contributed by atoms with van der Waals surface area (Å²) in [5, 5.41) is 0. The molecule has 6 rings (SSSR count). The van der Waals surface area contributed by atoms with Crippen molar-refractivity contribution < 1.29 is 8.97 Å².